The van der Waals surface area contributed by atoms with Crippen LogP contribution in [-0.4, -0.2) is 64.1 Å². The summed E-state index contributed by atoms with van der Waals surface area (Å²) in [6.45, 7) is 9.38. The lowest BCUT2D eigenvalue weighted by Gasteiger charge is -2.22. The van der Waals surface area contributed by atoms with Gasteiger partial charge in [-0.1, -0.05) is 89.8 Å². The summed E-state index contributed by atoms with van der Waals surface area (Å²) in [5, 5.41) is 25.2. The molecule has 0 saturated heterocycles. The second kappa shape index (κ2) is 20.2. The molecule has 2 unspecified atom stereocenters. The number of carboxylic acid groups (broad SMARTS) is 1. The third-order valence-electron chi connectivity index (χ3n) is 8.80. The monoisotopic (exact) mass is 755 g/mol. The molecule has 2 amide bonds. The van der Waals surface area contributed by atoms with Crippen LogP contribution in [0.4, 0.5) is 0 Å². The van der Waals surface area contributed by atoms with Crippen LogP contribution in [0.25, 0.3) is 22.5 Å². The largest absolute Gasteiger partial charge is 0.494 e. The number of nitrogens with one attached hydrogen (secondary N) is 4. The molecule has 54 heavy (non-hydrogen) atoms. The van der Waals surface area contributed by atoms with E-state index in [1.165, 1.54) is 37.0 Å². The summed E-state index contributed by atoms with van der Waals surface area (Å²) in [6.07, 6.45) is 10.1. The Morgan fingerprint density at radius 1 is 0.852 bits per heavy atom. The van der Waals surface area contributed by atoms with Crippen molar-refractivity contribution in [3.05, 3.63) is 88.4 Å². The van der Waals surface area contributed by atoms with Gasteiger partial charge in [0.15, 0.2) is 11.8 Å². The van der Waals surface area contributed by atoms with Gasteiger partial charge in [0.2, 0.25) is 5.91 Å². The van der Waals surface area contributed by atoms with Gasteiger partial charge in [0.1, 0.15) is 17.8 Å². The molecule has 0 aliphatic heterocycles. The van der Waals surface area contributed by atoms with Crippen LogP contribution in [0.5, 0.6) is 5.75 Å². The number of carbonyl (C=O) groups is 3. The smallest absolute Gasteiger partial charge is 0.326 e. The molecule has 12 nitrogen and oxygen atoms in total. The van der Waals surface area contributed by atoms with Crippen LogP contribution in [0, 0.1) is 5.41 Å². The van der Waals surface area contributed by atoms with Crippen molar-refractivity contribution in [1.29, 1.82) is 5.41 Å². The number of benzene rings is 2. The molecule has 2 heterocycles. The van der Waals surface area contributed by atoms with Crippen molar-refractivity contribution in [3.8, 4) is 28.3 Å². The standard InChI is InChI=1S/C41H53N7O5S/c1-5-6-7-8-9-23-53-31-18-16-28(17-19-31)30-25-45-36(46-26-30)29-14-12-27(13-15-29)24-33(48-38(50)34-20-21-35(54-34)41(2,3)4)37(49)47-32(39(51)52)11-10-22-44-40(42)43/h12-21,25-26,32-33H,5-11,22-24H2,1-4H3,(H,47,49)(H,48,50)(H,51,52)(H4,42,43,44). The normalized spacial score (nSPS) is 12.4. The SMILES string of the molecule is CCCCCCCOc1ccc(-c2cnc(-c3ccc(CC(NC(=O)c4ccc(C(C)(C)C)s4)C(=O)NC(CCCNC(=N)N)C(=O)O)cc3)nc2)cc1. The Balaban J connectivity index is 1.43. The molecule has 0 aliphatic rings. The highest BCUT2D eigenvalue weighted by Crippen LogP contribution is 2.29. The van der Waals surface area contributed by atoms with Gasteiger partial charge in [0.25, 0.3) is 5.91 Å². The maximum absolute atomic E-state index is 13.6. The zero-order valence-electron chi connectivity index (χ0n) is 31.6. The van der Waals surface area contributed by atoms with Gasteiger partial charge in [-0.25, -0.2) is 14.8 Å². The Morgan fingerprint density at radius 3 is 2.13 bits per heavy atom. The number of hydrogen-bond donors (Lipinski definition) is 6. The Bertz CT molecular complexity index is 1820. The van der Waals surface area contributed by atoms with Crippen LogP contribution < -0.4 is 26.4 Å². The molecule has 288 valence electrons. The number of unbranched alkanes of at least 4 members (excludes halogenated alkanes) is 4. The number of nitrogens with zero attached hydrogens (tertiary/aromatic N) is 2. The van der Waals surface area contributed by atoms with Crippen LogP contribution >= 0.6 is 11.3 Å². The summed E-state index contributed by atoms with van der Waals surface area (Å²) in [4.78, 5) is 49.7. The van der Waals surface area contributed by atoms with Crippen molar-refractivity contribution in [1.82, 2.24) is 25.9 Å². The molecule has 0 spiro atoms. The summed E-state index contributed by atoms with van der Waals surface area (Å²) >= 11 is 1.36. The van der Waals surface area contributed by atoms with E-state index in [4.69, 9.17) is 15.9 Å². The Morgan fingerprint density at radius 2 is 1.52 bits per heavy atom. The van der Waals surface area contributed by atoms with Crippen LogP contribution in [0.2, 0.25) is 0 Å². The van der Waals surface area contributed by atoms with E-state index in [1.807, 2.05) is 54.6 Å². The number of ether oxygens (including phenoxy) is 1. The average Bonchev–Trinajstić information content (AvgIpc) is 3.66. The molecule has 4 rings (SSSR count). The lowest BCUT2D eigenvalue weighted by atomic mass is 9.95. The second-order valence-electron chi connectivity index (χ2n) is 14.3. The third-order valence-corrected chi connectivity index (χ3v) is 10.3. The van der Waals surface area contributed by atoms with Gasteiger partial charge in [-0.3, -0.25) is 15.0 Å². The first-order valence-electron chi connectivity index (χ1n) is 18.5. The first kappa shape index (κ1) is 41.5. The highest BCUT2D eigenvalue weighted by Gasteiger charge is 2.28. The lowest BCUT2D eigenvalue weighted by Crippen LogP contribution is -2.52. The number of guanidine groups is 1. The van der Waals surface area contributed by atoms with E-state index in [0.717, 1.165) is 39.3 Å². The van der Waals surface area contributed by atoms with E-state index in [0.29, 0.717) is 23.7 Å². The predicted octanol–water partition coefficient (Wildman–Crippen LogP) is 6.69. The number of amides is 2. The van der Waals surface area contributed by atoms with Crippen molar-refractivity contribution in [2.75, 3.05) is 13.2 Å². The van der Waals surface area contributed by atoms with Crippen molar-refractivity contribution in [2.45, 2.75) is 96.6 Å². The molecule has 2 aromatic carbocycles. The minimum atomic E-state index is -1.20. The number of carboxylic acids is 1. The maximum Gasteiger partial charge on any atom is 0.326 e. The molecule has 0 aliphatic carbocycles. The number of nitrogens with two attached hydrogens (primary N) is 1. The summed E-state index contributed by atoms with van der Waals surface area (Å²) in [5.41, 5.74) is 8.55. The van der Waals surface area contributed by atoms with Crippen molar-refractivity contribution >= 4 is 35.1 Å². The predicted molar refractivity (Wildman–Crippen MR) is 214 cm³/mol. The minimum Gasteiger partial charge on any atom is -0.494 e. The fourth-order valence-corrected chi connectivity index (χ4v) is 6.62. The number of rotatable bonds is 20. The van der Waals surface area contributed by atoms with E-state index >= 15 is 0 Å². The van der Waals surface area contributed by atoms with Gasteiger partial charge in [0.05, 0.1) is 11.5 Å². The summed E-state index contributed by atoms with van der Waals surface area (Å²) in [7, 11) is 0. The topological polar surface area (TPSA) is 192 Å². The highest BCUT2D eigenvalue weighted by atomic mass is 32.1. The van der Waals surface area contributed by atoms with Gasteiger partial charge in [-0.2, -0.15) is 0 Å². The first-order chi connectivity index (χ1) is 25.8. The number of hydrogen-bond acceptors (Lipinski definition) is 8. The highest BCUT2D eigenvalue weighted by molar-refractivity contribution is 7.14. The van der Waals surface area contributed by atoms with Crippen molar-refractivity contribution in [3.63, 3.8) is 0 Å². The zero-order valence-corrected chi connectivity index (χ0v) is 32.4. The Hall–Kier alpha value is -5.30. The summed E-state index contributed by atoms with van der Waals surface area (Å²) < 4.78 is 5.89. The van der Waals surface area contributed by atoms with E-state index in [1.54, 1.807) is 18.5 Å². The molecule has 4 aromatic rings. The fraction of sp³-hybridized carbons (Fsp3) is 0.415. The summed E-state index contributed by atoms with van der Waals surface area (Å²) in [5.74, 6) is -1.08. The van der Waals surface area contributed by atoms with Crippen LogP contribution in [0.15, 0.2) is 73.1 Å². The lowest BCUT2D eigenvalue weighted by molar-refractivity contribution is -0.142. The van der Waals surface area contributed by atoms with Gasteiger partial charge < -0.3 is 31.5 Å². The average molecular weight is 756 g/mol. The number of thiophene rings is 1. The van der Waals surface area contributed by atoms with E-state index < -0.39 is 29.9 Å². The zero-order chi connectivity index (χ0) is 39.1. The Labute approximate surface area is 321 Å². The molecular weight excluding hydrogens is 703 g/mol. The van der Waals surface area contributed by atoms with Gasteiger partial charge in [-0.05, 0) is 60.1 Å². The fourth-order valence-electron chi connectivity index (χ4n) is 5.65. The Kier molecular flexibility index (Phi) is 15.5. The molecule has 0 bridgehead atoms. The van der Waals surface area contributed by atoms with Gasteiger partial charge >= 0.3 is 5.97 Å². The second-order valence-corrected chi connectivity index (χ2v) is 15.4. The molecule has 0 radical (unpaired) electrons. The molecule has 13 heteroatoms. The number of aromatic nitrogens is 2. The molecule has 2 aromatic heterocycles. The van der Waals surface area contributed by atoms with Crippen LogP contribution in [0.3, 0.4) is 0 Å². The van der Waals surface area contributed by atoms with Crippen LogP contribution in [-0.2, 0) is 21.4 Å². The molecule has 2 atom stereocenters. The number of aliphatic carboxylic acids is 1. The van der Waals surface area contributed by atoms with Crippen molar-refractivity contribution in [2.24, 2.45) is 5.73 Å². The van der Waals surface area contributed by atoms with Crippen LogP contribution in [0.1, 0.15) is 92.8 Å². The van der Waals surface area contributed by atoms with Gasteiger partial charge in [0, 0.05) is 41.4 Å². The molecule has 0 saturated carbocycles. The van der Waals surface area contributed by atoms with Gasteiger partial charge in [-0.15, -0.1) is 11.3 Å². The maximum atomic E-state index is 13.6. The minimum absolute atomic E-state index is 0.106. The van der Waals surface area contributed by atoms with E-state index in [2.05, 4.69) is 53.6 Å². The quantitative estimate of drug-likeness (QED) is 0.0324. The molecular formula is C41H53N7O5S. The van der Waals surface area contributed by atoms with Crippen molar-refractivity contribution < 1.29 is 24.2 Å². The molecule has 7 N–H and O–H groups in total. The molecule has 0 fully saturated rings. The third kappa shape index (κ3) is 13.0. The van der Waals surface area contributed by atoms with E-state index in [9.17, 15) is 19.5 Å². The first-order valence-corrected chi connectivity index (χ1v) is 19.3. The van der Waals surface area contributed by atoms with E-state index in [-0.39, 0.29) is 30.8 Å². The number of carbonyl (C=O) groups excluding carboxylic acids is 2. The summed E-state index contributed by atoms with van der Waals surface area (Å²) in [6, 6.07) is 16.7.